The van der Waals surface area contributed by atoms with E-state index >= 15 is 0 Å². The van der Waals surface area contributed by atoms with E-state index in [-0.39, 0.29) is 6.61 Å². The third-order valence-corrected chi connectivity index (χ3v) is 5.46. The van der Waals surface area contributed by atoms with Crippen molar-refractivity contribution < 1.29 is 5.11 Å². The van der Waals surface area contributed by atoms with E-state index < -0.39 is 0 Å². The molecule has 1 heterocycles. The largest absolute Gasteiger partial charge is 0.396 e. The topological polar surface area (TPSA) is 26.7 Å². The standard InChI is InChI=1S/C17H26Cl2N2O/c1-20(2)16-8-9-21(11-13(16)6-4-10-22)12-14-5-3-7-15(18)17(14)19/h3,5,7,13,16,22H,4,6,8-12H2,1-2H3/t13-,16+/m1/s1. The molecule has 22 heavy (non-hydrogen) atoms. The zero-order valence-electron chi connectivity index (χ0n) is 13.4. The van der Waals surface area contributed by atoms with Crippen LogP contribution in [-0.2, 0) is 6.54 Å². The van der Waals surface area contributed by atoms with Crippen LogP contribution < -0.4 is 0 Å². The van der Waals surface area contributed by atoms with Gasteiger partial charge in [0, 0.05) is 25.7 Å². The number of aliphatic hydroxyl groups excluding tert-OH is 1. The first-order valence-corrected chi connectivity index (χ1v) is 8.71. The smallest absolute Gasteiger partial charge is 0.0637 e. The molecule has 1 aliphatic heterocycles. The minimum Gasteiger partial charge on any atom is -0.396 e. The van der Waals surface area contributed by atoms with Gasteiger partial charge in [-0.2, -0.15) is 0 Å². The van der Waals surface area contributed by atoms with E-state index in [1.807, 2.05) is 12.1 Å². The lowest BCUT2D eigenvalue weighted by atomic mass is 9.87. The number of benzene rings is 1. The fourth-order valence-electron chi connectivity index (χ4n) is 3.47. The van der Waals surface area contributed by atoms with Crippen molar-refractivity contribution in [3.8, 4) is 0 Å². The van der Waals surface area contributed by atoms with Crippen molar-refractivity contribution >= 4 is 23.2 Å². The predicted octanol–water partition coefficient (Wildman–Crippen LogP) is 3.52. The van der Waals surface area contributed by atoms with Crippen LogP contribution in [0, 0.1) is 5.92 Å². The van der Waals surface area contributed by atoms with Gasteiger partial charge in [0.2, 0.25) is 0 Å². The molecule has 0 spiro atoms. The lowest BCUT2D eigenvalue weighted by Crippen LogP contribution is -2.48. The Bertz CT molecular complexity index is 482. The van der Waals surface area contributed by atoms with Gasteiger partial charge in [0.15, 0.2) is 0 Å². The third-order valence-electron chi connectivity index (χ3n) is 4.60. The molecule has 1 aliphatic rings. The second-order valence-electron chi connectivity index (χ2n) is 6.39. The SMILES string of the molecule is CN(C)[C@H]1CCN(Cc2cccc(Cl)c2Cl)C[C@H]1CCCO. The van der Waals surface area contributed by atoms with E-state index in [2.05, 4.69) is 30.0 Å². The summed E-state index contributed by atoms with van der Waals surface area (Å²) >= 11 is 12.4. The van der Waals surface area contributed by atoms with Crippen molar-refractivity contribution in [3.05, 3.63) is 33.8 Å². The number of hydrogen-bond acceptors (Lipinski definition) is 3. The van der Waals surface area contributed by atoms with Gasteiger partial charge in [-0.15, -0.1) is 0 Å². The van der Waals surface area contributed by atoms with E-state index in [1.54, 1.807) is 0 Å². The Labute approximate surface area is 143 Å². The van der Waals surface area contributed by atoms with Crippen molar-refractivity contribution in [2.24, 2.45) is 5.92 Å². The van der Waals surface area contributed by atoms with Gasteiger partial charge >= 0.3 is 0 Å². The molecule has 124 valence electrons. The normalized spacial score (nSPS) is 23.2. The van der Waals surface area contributed by atoms with Crippen molar-refractivity contribution in [2.75, 3.05) is 33.8 Å². The molecular weight excluding hydrogens is 319 g/mol. The Hall–Kier alpha value is -0.320. The van der Waals surface area contributed by atoms with Crippen LogP contribution in [0.2, 0.25) is 10.0 Å². The molecule has 1 aromatic rings. The predicted molar refractivity (Wildman–Crippen MR) is 93.6 cm³/mol. The quantitative estimate of drug-likeness (QED) is 0.855. The molecule has 1 N–H and O–H groups in total. The molecule has 3 nitrogen and oxygen atoms in total. The van der Waals surface area contributed by atoms with Crippen molar-refractivity contribution in [1.29, 1.82) is 0 Å². The summed E-state index contributed by atoms with van der Waals surface area (Å²) in [7, 11) is 4.31. The van der Waals surface area contributed by atoms with Gasteiger partial charge in [-0.1, -0.05) is 35.3 Å². The monoisotopic (exact) mass is 344 g/mol. The average Bonchev–Trinajstić information content (AvgIpc) is 2.49. The average molecular weight is 345 g/mol. The number of aliphatic hydroxyl groups is 1. The molecule has 5 heteroatoms. The molecular formula is C17H26Cl2N2O. The van der Waals surface area contributed by atoms with Crippen LogP contribution in [-0.4, -0.2) is 54.7 Å². The maximum Gasteiger partial charge on any atom is 0.0637 e. The van der Waals surface area contributed by atoms with Crippen molar-refractivity contribution in [3.63, 3.8) is 0 Å². The second kappa shape index (κ2) is 8.51. The summed E-state index contributed by atoms with van der Waals surface area (Å²) in [4.78, 5) is 4.78. The Morgan fingerprint density at radius 3 is 2.77 bits per heavy atom. The van der Waals surface area contributed by atoms with E-state index in [0.29, 0.717) is 22.0 Å². The molecule has 1 aromatic carbocycles. The molecule has 0 bridgehead atoms. The highest BCUT2D eigenvalue weighted by Crippen LogP contribution is 2.30. The minimum absolute atomic E-state index is 0.275. The molecule has 2 rings (SSSR count). The summed E-state index contributed by atoms with van der Waals surface area (Å²) in [5, 5.41) is 10.4. The Morgan fingerprint density at radius 1 is 1.32 bits per heavy atom. The van der Waals surface area contributed by atoms with E-state index in [0.717, 1.165) is 44.5 Å². The Balaban J connectivity index is 2.02. The minimum atomic E-state index is 0.275. The summed E-state index contributed by atoms with van der Waals surface area (Å²) in [6.45, 7) is 3.24. The molecule has 1 fully saturated rings. The fourth-order valence-corrected chi connectivity index (χ4v) is 3.85. The van der Waals surface area contributed by atoms with Gasteiger partial charge in [0.1, 0.15) is 0 Å². The summed E-state index contributed by atoms with van der Waals surface area (Å²) in [5.41, 5.74) is 1.10. The van der Waals surface area contributed by atoms with Gasteiger partial charge in [-0.25, -0.2) is 0 Å². The molecule has 2 atom stereocenters. The third kappa shape index (κ3) is 4.59. The van der Waals surface area contributed by atoms with Crippen LogP contribution in [0.5, 0.6) is 0 Å². The van der Waals surface area contributed by atoms with Crippen LogP contribution in [0.1, 0.15) is 24.8 Å². The zero-order valence-corrected chi connectivity index (χ0v) is 14.9. The van der Waals surface area contributed by atoms with Crippen LogP contribution in [0.25, 0.3) is 0 Å². The van der Waals surface area contributed by atoms with Gasteiger partial charge < -0.3 is 10.0 Å². The van der Waals surface area contributed by atoms with E-state index in [4.69, 9.17) is 28.3 Å². The zero-order chi connectivity index (χ0) is 16.1. The van der Waals surface area contributed by atoms with Crippen LogP contribution >= 0.6 is 23.2 Å². The highest BCUT2D eigenvalue weighted by molar-refractivity contribution is 6.42. The van der Waals surface area contributed by atoms with E-state index in [1.165, 1.54) is 0 Å². The first kappa shape index (κ1) is 18.0. The lowest BCUT2D eigenvalue weighted by molar-refractivity contribution is 0.0717. The van der Waals surface area contributed by atoms with Crippen LogP contribution in [0.4, 0.5) is 0 Å². The fraction of sp³-hybridized carbons (Fsp3) is 0.647. The number of hydrogen-bond donors (Lipinski definition) is 1. The van der Waals surface area contributed by atoms with Gasteiger partial charge in [-0.3, -0.25) is 4.90 Å². The molecule has 1 saturated heterocycles. The van der Waals surface area contributed by atoms with Crippen molar-refractivity contribution in [1.82, 2.24) is 9.80 Å². The highest BCUT2D eigenvalue weighted by Gasteiger charge is 2.30. The summed E-state index contributed by atoms with van der Waals surface area (Å²) < 4.78 is 0. The molecule has 0 aliphatic carbocycles. The molecule has 0 amide bonds. The van der Waals surface area contributed by atoms with E-state index in [9.17, 15) is 0 Å². The second-order valence-corrected chi connectivity index (χ2v) is 7.18. The van der Waals surface area contributed by atoms with Gasteiger partial charge in [-0.05, 0) is 57.5 Å². The molecule has 0 unspecified atom stereocenters. The maximum atomic E-state index is 9.13. The first-order chi connectivity index (χ1) is 10.5. The first-order valence-electron chi connectivity index (χ1n) is 7.95. The molecule has 0 aromatic heterocycles. The molecule has 0 saturated carbocycles. The number of nitrogens with zero attached hydrogens (tertiary/aromatic N) is 2. The van der Waals surface area contributed by atoms with Gasteiger partial charge in [0.25, 0.3) is 0 Å². The molecule has 0 radical (unpaired) electrons. The summed E-state index contributed by atoms with van der Waals surface area (Å²) in [5.74, 6) is 0.592. The number of halogens is 2. The Morgan fingerprint density at radius 2 is 2.09 bits per heavy atom. The highest BCUT2D eigenvalue weighted by atomic mass is 35.5. The lowest BCUT2D eigenvalue weighted by Gasteiger charge is -2.42. The maximum absolute atomic E-state index is 9.13. The van der Waals surface area contributed by atoms with Gasteiger partial charge in [0.05, 0.1) is 10.0 Å². The summed E-state index contributed by atoms with van der Waals surface area (Å²) in [6, 6.07) is 6.43. The number of rotatable bonds is 6. The van der Waals surface area contributed by atoms with Crippen LogP contribution in [0.15, 0.2) is 18.2 Å². The van der Waals surface area contributed by atoms with Crippen molar-refractivity contribution in [2.45, 2.75) is 31.8 Å². The number of likely N-dealkylation sites (tertiary alicyclic amines) is 1. The summed E-state index contributed by atoms with van der Waals surface area (Å²) in [6.07, 6.45) is 3.10. The number of piperidine rings is 1. The Kier molecular flexibility index (Phi) is 6.97. The van der Waals surface area contributed by atoms with Crippen LogP contribution in [0.3, 0.4) is 0 Å².